The highest BCUT2D eigenvalue weighted by atomic mass is 35.5. The summed E-state index contributed by atoms with van der Waals surface area (Å²) in [5.41, 5.74) is 0.400. The van der Waals surface area contributed by atoms with Crippen molar-refractivity contribution >= 4 is 23.3 Å². The van der Waals surface area contributed by atoms with Crippen molar-refractivity contribution in [3.8, 4) is 5.75 Å². The molecule has 2 amide bonds. The third-order valence-electron chi connectivity index (χ3n) is 3.33. The first kappa shape index (κ1) is 14.0. The zero-order chi connectivity index (χ0) is 13.9. The number of carbonyl (C=O) groups excluding carboxylic acids is 1. The maximum Gasteiger partial charge on any atom is 0.319 e. The molecule has 1 aliphatic rings. The molecule has 0 bridgehead atoms. The van der Waals surface area contributed by atoms with Gasteiger partial charge in [0.1, 0.15) is 5.75 Å². The summed E-state index contributed by atoms with van der Waals surface area (Å²) in [6.45, 7) is 0.575. The van der Waals surface area contributed by atoms with E-state index in [1.807, 2.05) is 0 Å². The van der Waals surface area contributed by atoms with Gasteiger partial charge >= 0.3 is 6.03 Å². The van der Waals surface area contributed by atoms with Crippen molar-refractivity contribution in [3.63, 3.8) is 0 Å². The molecule has 0 unspecified atom stereocenters. The minimum atomic E-state index is -0.333. The molecule has 3 N–H and O–H groups in total. The van der Waals surface area contributed by atoms with Crippen LogP contribution in [0.15, 0.2) is 18.2 Å². The van der Waals surface area contributed by atoms with Gasteiger partial charge in [0.2, 0.25) is 0 Å². The van der Waals surface area contributed by atoms with Gasteiger partial charge < -0.3 is 20.5 Å². The number of amides is 2. The normalized spacial score (nSPS) is 15.7. The fourth-order valence-corrected chi connectivity index (χ4v) is 1.95. The molecule has 0 saturated heterocycles. The van der Waals surface area contributed by atoms with Gasteiger partial charge in [-0.05, 0) is 31.0 Å². The second-order valence-corrected chi connectivity index (χ2v) is 5.25. The molecule has 1 aromatic rings. The van der Waals surface area contributed by atoms with E-state index in [0.29, 0.717) is 23.0 Å². The van der Waals surface area contributed by atoms with Crippen LogP contribution in [0.2, 0.25) is 5.02 Å². The van der Waals surface area contributed by atoms with Gasteiger partial charge in [-0.1, -0.05) is 11.6 Å². The summed E-state index contributed by atoms with van der Waals surface area (Å²) in [5, 5.41) is 15.1. The molecule has 0 spiro atoms. The third-order valence-corrected chi connectivity index (χ3v) is 3.56. The third kappa shape index (κ3) is 3.52. The van der Waals surface area contributed by atoms with Gasteiger partial charge in [0.15, 0.2) is 0 Å². The average Bonchev–Trinajstić information content (AvgIpc) is 3.17. The Morgan fingerprint density at radius 1 is 1.53 bits per heavy atom. The zero-order valence-electron chi connectivity index (χ0n) is 10.7. The first-order chi connectivity index (χ1) is 9.08. The Kier molecular flexibility index (Phi) is 4.17. The van der Waals surface area contributed by atoms with Gasteiger partial charge in [0.25, 0.3) is 0 Å². The van der Waals surface area contributed by atoms with Crippen molar-refractivity contribution < 1.29 is 14.6 Å². The monoisotopic (exact) mass is 284 g/mol. The SMILES string of the molecule is COc1ccc(Cl)cc1NC(=O)NCC1(CO)CC1. The van der Waals surface area contributed by atoms with E-state index in [-0.39, 0.29) is 18.1 Å². The average molecular weight is 285 g/mol. The number of urea groups is 1. The molecule has 1 saturated carbocycles. The van der Waals surface area contributed by atoms with E-state index < -0.39 is 0 Å². The van der Waals surface area contributed by atoms with E-state index in [1.165, 1.54) is 7.11 Å². The first-order valence-electron chi connectivity index (χ1n) is 6.08. The lowest BCUT2D eigenvalue weighted by atomic mass is 10.1. The smallest absolute Gasteiger partial charge is 0.319 e. The molecule has 0 aromatic heterocycles. The van der Waals surface area contributed by atoms with Crippen LogP contribution in [0.3, 0.4) is 0 Å². The molecule has 2 rings (SSSR count). The fourth-order valence-electron chi connectivity index (χ4n) is 1.78. The molecule has 0 atom stereocenters. The van der Waals surface area contributed by atoms with Crippen LogP contribution in [-0.2, 0) is 0 Å². The van der Waals surface area contributed by atoms with Crippen LogP contribution in [0.5, 0.6) is 5.75 Å². The van der Waals surface area contributed by atoms with E-state index in [1.54, 1.807) is 18.2 Å². The lowest BCUT2D eigenvalue weighted by Crippen LogP contribution is -2.35. The molecule has 1 aromatic carbocycles. The molecule has 0 radical (unpaired) electrons. The Hall–Kier alpha value is -1.46. The highest BCUT2D eigenvalue weighted by Crippen LogP contribution is 2.44. The number of benzene rings is 1. The first-order valence-corrected chi connectivity index (χ1v) is 6.46. The number of hydrogen-bond acceptors (Lipinski definition) is 3. The molecule has 6 heteroatoms. The van der Waals surface area contributed by atoms with Gasteiger partial charge in [-0.15, -0.1) is 0 Å². The van der Waals surface area contributed by atoms with E-state index in [4.69, 9.17) is 21.4 Å². The van der Waals surface area contributed by atoms with Crippen molar-refractivity contribution in [1.29, 1.82) is 0 Å². The van der Waals surface area contributed by atoms with E-state index in [0.717, 1.165) is 12.8 Å². The lowest BCUT2D eigenvalue weighted by Gasteiger charge is -2.14. The zero-order valence-corrected chi connectivity index (χ0v) is 11.5. The minimum Gasteiger partial charge on any atom is -0.495 e. The van der Waals surface area contributed by atoms with Crippen molar-refractivity contribution in [2.24, 2.45) is 5.41 Å². The van der Waals surface area contributed by atoms with Gasteiger partial charge in [-0.3, -0.25) is 0 Å². The van der Waals surface area contributed by atoms with Crippen molar-refractivity contribution in [2.75, 3.05) is 25.6 Å². The van der Waals surface area contributed by atoms with E-state index >= 15 is 0 Å². The summed E-state index contributed by atoms with van der Waals surface area (Å²) in [7, 11) is 1.53. The molecule has 1 fully saturated rings. The fraction of sp³-hybridized carbons (Fsp3) is 0.462. The Morgan fingerprint density at radius 2 is 2.26 bits per heavy atom. The van der Waals surface area contributed by atoms with Gasteiger partial charge in [0.05, 0.1) is 19.4 Å². The molecule has 1 aliphatic carbocycles. The van der Waals surface area contributed by atoms with E-state index in [2.05, 4.69) is 10.6 Å². The standard InChI is InChI=1S/C13H17ClN2O3/c1-19-11-3-2-9(14)6-10(11)16-12(18)15-7-13(8-17)4-5-13/h2-3,6,17H,4-5,7-8H2,1H3,(H2,15,16,18). The van der Waals surface area contributed by atoms with Crippen LogP contribution in [0.4, 0.5) is 10.5 Å². The Labute approximate surface area is 116 Å². The van der Waals surface area contributed by atoms with Crippen molar-refractivity contribution in [1.82, 2.24) is 5.32 Å². The number of rotatable bonds is 5. The number of ether oxygens (including phenoxy) is 1. The number of hydrogen-bond donors (Lipinski definition) is 3. The number of aliphatic hydroxyl groups excluding tert-OH is 1. The maximum absolute atomic E-state index is 11.8. The largest absolute Gasteiger partial charge is 0.495 e. The van der Waals surface area contributed by atoms with Crippen LogP contribution >= 0.6 is 11.6 Å². The van der Waals surface area contributed by atoms with Crippen LogP contribution < -0.4 is 15.4 Å². The molecule has 5 nitrogen and oxygen atoms in total. The van der Waals surface area contributed by atoms with Gasteiger partial charge in [0, 0.05) is 17.0 Å². The molecule has 19 heavy (non-hydrogen) atoms. The Morgan fingerprint density at radius 3 is 2.84 bits per heavy atom. The Bertz CT molecular complexity index is 475. The van der Waals surface area contributed by atoms with Crippen molar-refractivity contribution in [3.05, 3.63) is 23.2 Å². The number of carbonyl (C=O) groups is 1. The molecule has 0 heterocycles. The Balaban J connectivity index is 1.93. The number of anilines is 1. The lowest BCUT2D eigenvalue weighted by molar-refractivity contribution is 0.206. The summed E-state index contributed by atoms with van der Waals surface area (Å²) in [5.74, 6) is 0.544. The van der Waals surface area contributed by atoms with Gasteiger partial charge in [-0.25, -0.2) is 4.79 Å². The molecular weight excluding hydrogens is 268 g/mol. The highest BCUT2D eigenvalue weighted by molar-refractivity contribution is 6.31. The van der Waals surface area contributed by atoms with E-state index in [9.17, 15) is 4.79 Å². The van der Waals surface area contributed by atoms with Crippen LogP contribution in [0.1, 0.15) is 12.8 Å². The van der Waals surface area contributed by atoms with Crippen LogP contribution in [0, 0.1) is 5.41 Å². The predicted octanol–water partition coefficient (Wildman–Crippen LogP) is 2.24. The summed E-state index contributed by atoms with van der Waals surface area (Å²) in [4.78, 5) is 11.8. The predicted molar refractivity (Wildman–Crippen MR) is 73.8 cm³/mol. The number of aliphatic hydroxyl groups is 1. The molecule has 104 valence electrons. The topological polar surface area (TPSA) is 70.6 Å². The summed E-state index contributed by atoms with van der Waals surface area (Å²) in [6.07, 6.45) is 1.90. The number of methoxy groups -OCH3 is 1. The van der Waals surface area contributed by atoms with Gasteiger partial charge in [-0.2, -0.15) is 0 Å². The maximum atomic E-state index is 11.8. The minimum absolute atomic E-state index is 0.105. The number of halogens is 1. The summed E-state index contributed by atoms with van der Waals surface area (Å²) in [6, 6.07) is 4.67. The van der Waals surface area contributed by atoms with Crippen molar-refractivity contribution in [2.45, 2.75) is 12.8 Å². The second-order valence-electron chi connectivity index (χ2n) is 4.81. The van der Waals surface area contributed by atoms with Crippen LogP contribution in [-0.4, -0.2) is 31.4 Å². The molecular formula is C13H17ClN2O3. The molecule has 0 aliphatic heterocycles. The summed E-state index contributed by atoms with van der Waals surface area (Å²) < 4.78 is 5.14. The summed E-state index contributed by atoms with van der Waals surface area (Å²) >= 11 is 5.88. The highest BCUT2D eigenvalue weighted by Gasteiger charge is 2.42. The van der Waals surface area contributed by atoms with Crippen LogP contribution in [0.25, 0.3) is 0 Å². The quantitative estimate of drug-likeness (QED) is 0.776. The second kappa shape index (κ2) is 5.67. The number of nitrogens with one attached hydrogen (secondary N) is 2.